The van der Waals surface area contributed by atoms with E-state index in [-0.39, 0.29) is 12.2 Å². The van der Waals surface area contributed by atoms with Gasteiger partial charge in [-0.25, -0.2) is 4.79 Å². The summed E-state index contributed by atoms with van der Waals surface area (Å²) in [7, 11) is 0. The summed E-state index contributed by atoms with van der Waals surface area (Å²) in [5.41, 5.74) is 0.0942. The molecule has 0 saturated carbocycles. The second-order valence-corrected chi connectivity index (χ2v) is 3.95. The van der Waals surface area contributed by atoms with E-state index in [1.165, 1.54) is 12.1 Å². The van der Waals surface area contributed by atoms with Crippen LogP contribution >= 0.6 is 15.9 Å². The number of carboxylic acid groups (broad SMARTS) is 1. The SMILES string of the molecule is O=C(O)c1ccc(Br)c(OCC(O)CO)c1. The van der Waals surface area contributed by atoms with Crippen LogP contribution < -0.4 is 4.74 Å². The lowest BCUT2D eigenvalue weighted by Gasteiger charge is -2.11. The van der Waals surface area contributed by atoms with Crippen LogP contribution in [0, 0.1) is 0 Å². The summed E-state index contributed by atoms with van der Waals surface area (Å²) in [6.07, 6.45) is -0.986. The van der Waals surface area contributed by atoms with Crippen molar-refractivity contribution in [3.63, 3.8) is 0 Å². The van der Waals surface area contributed by atoms with Crippen LogP contribution in [0.15, 0.2) is 22.7 Å². The van der Waals surface area contributed by atoms with Gasteiger partial charge >= 0.3 is 5.97 Å². The number of aliphatic hydroxyl groups excluding tert-OH is 2. The highest BCUT2D eigenvalue weighted by molar-refractivity contribution is 9.10. The van der Waals surface area contributed by atoms with E-state index in [4.69, 9.17) is 20.1 Å². The van der Waals surface area contributed by atoms with Crippen molar-refractivity contribution in [1.82, 2.24) is 0 Å². The molecule has 0 aliphatic heterocycles. The summed E-state index contributed by atoms with van der Waals surface area (Å²) in [6.45, 7) is -0.506. The van der Waals surface area contributed by atoms with Crippen molar-refractivity contribution < 1.29 is 24.9 Å². The molecule has 88 valence electrons. The standard InChI is InChI=1S/C10H11BrO5/c11-8-2-1-6(10(14)15)3-9(8)16-5-7(13)4-12/h1-3,7,12-13H,4-5H2,(H,14,15). The lowest BCUT2D eigenvalue weighted by atomic mass is 10.2. The van der Waals surface area contributed by atoms with Gasteiger partial charge in [0.1, 0.15) is 18.5 Å². The minimum absolute atomic E-state index is 0.0942. The molecule has 0 spiro atoms. The van der Waals surface area contributed by atoms with Crippen molar-refractivity contribution in [2.45, 2.75) is 6.10 Å². The highest BCUT2D eigenvalue weighted by Crippen LogP contribution is 2.26. The summed E-state index contributed by atoms with van der Waals surface area (Å²) < 4.78 is 5.75. The molecule has 0 radical (unpaired) electrons. The first-order valence-electron chi connectivity index (χ1n) is 4.49. The minimum atomic E-state index is -1.06. The quantitative estimate of drug-likeness (QED) is 0.749. The van der Waals surface area contributed by atoms with Crippen molar-refractivity contribution >= 4 is 21.9 Å². The lowest BCUT2D eigenvalue weighted by Crippen LogP contribution is -2.21. The Labute approximate surface area is 100 Å². The summed E-state index contributed by atoms with van der Waals surface area (Å²) in [5, 5.41) is 26.4. The van der Waals surface area contributed by atoms with Gasteiger partial charge < -0.3 is 20.1 Å². The van der Waals surface area contributed by atoms with E-state index in [1.807, 2.05) is 0 Å². The molecule has 0 aromatic heterocycles. The minimum Gasteiger partial charge on any atom is -0.490 e. The molecule has 0 fully saturated rings. The molecule has 0 saturated heterocycles. The number of halogens is 1. The number of aromatic carboxylic acids is 1. The van der Waals surface area contributed by atoms with Gasteiger partial charge in [0.15, 0.2) is 0 Å². The van der Waals surface area contributed by atoms with Crippen LogP contribution in [0.4, 0.5) is 0 Å². The third-order valence-corrected chi connectivity index (χ3v) is 2.48. The average Bonchev–Trinajstić information content (AvgIpc) is 2.27. The van der Waals surface area contributed by atoms with Gasteiger partial charge in [-0.2, -0.15) is 0 Å². The molecule has 1 rings (SSSR count). The van der Waals surface area contributed by atoms with Gasteiger partial charge in [-0.05, 0) is 34.1 Å². The molecule has 0 amide bonds. The van der Waals surface area contributed by atoms with Crippen molar-refractivity contribution in [3.8, 4) is 5.75 Å². The molecule has 16 heavy (non-hydrogen) atoms. The number of carboxylic acids is 1. The van der Waals surface area contributed by atoms with Crippen molar-refractivity contribution in [1.29, 1.82) is 0 Å². The Kier molecular flexibility index (Phi) is 4.72. The Hall–Kier alpha value is -1.11. The zero-order valence-electron chi connectivity index (χ0n) is 8.26. The number of rotatable bonds is 5. The Morgan fingerprint density at radius 1 is 1.50 bits per heavy atom. The molecule has 1 atom stereocenters. The third-order valence-electron chi connectivity index (χ3n) is 1.82. The summed E-state index contributed by atoms with van der Waals surface area (Å²) in [4.78, 5) is 10.7. The first-order valence-corrected chi connectivity index (χ1v) is 5.28. The molecule has 1 aromatic carbocycles. The smallest absolute Gasteiger partial charge is 0.335 e. The van der Waals surface area contributed by atoms with Gasteiger partial charge in [-0.1, -0.05) is 0 Å². The number of hydrogen-bond acceptors (Lipinski definition) is 4. The Bertz CT molecular complexity index is 379. The van der Waals surface area contributed by atoms with Crippen LogP contribution in [0.5, 0.6) is 5.75 Å². The zero-order valence-corrected chi connectivity index (χ0v) is 9.85. The van der Waals surface area contributed by atoms with E-state index >= 15 is 0 Å². The molecule has 1 aromatic rings. The molecular weight excluding hydrogens is 280 g/mol. The molecule has 3 N–H and O–H groups in total. The van der Waals surface area contributed by atoms with Gasteiger partial charge in [0.05, 0.1) is 16.6 Å². The molecule has 0 heterocycles. The van der Waals surface area contributed by atoms with Crippen molar-refractivity contribution in [2.75, 3.05) is 13.2 Å². The van der Waals surface area contributed by atoms with E-state index in [2.05, 4.69) is 15.9 Å². The van der Waals surface area contributed by atoms with Gasteiger partial charge in [0, 0.05) is 0 Å². The first kappa shape index (κ1) is 13.0. The van der Waals surface area contributed by atoms with Gasteiger partial charge in [0.2, 0.25) is 0 Å². The molecular formula is C10H11BrO5. The number of ether oxygens (including phenoxy) is 1. The number of hydrogen-bond donors (Lipinski definition) is 3. The summed E-state index contributed by atoms with van der Waals surface area (Å²) >= 11 is 3.19. The van der Waals surface area contributed by atoms with Gasteiger partial charge in [-0.15, -0.1) is 0 Å². The van der Waals surface area contributed by atoms with Crippen molar-refractivity contribution in [2.24, 2.45) is 0 Å². The fourth-order valence-corrected chi connectivity index (χ4v) is 1.35. The molecule has 5 nitrogen and oxygen atoms in total. The molecule has 6 heteroatoms. The maximum absolute atomic E-state index is 10.7. The second-order valence-electron chi connectivity index (χ2n) is 3.10. The van der Waals surface area contributed by atoms with E-state index in [0.29, 0.717) is 10.2 Å². The van der Waals surface area contributed by atoms with E-state index in [1.54, 1.807) is 6.07 Å². The van der Waals surface area contributed by atoms with Crippen LogP contribution in [0.2, 0.25) is 0 Å². The van der Waals surface area contributed by atoms with E-state index in [0.717, 1.165) is 0 Å². The summed E-state index contributed by atoms with van der Waals surface area (Å²) in [5.74, 6) is -0.743. The van der Waals surface area contributed by atoms with E-state index in [9.17, 15) is 4.79 Å². The van der Waals surface area contributed by atoms with Gasteiger partial charge in [0.25, 0.3) is 0 Å². The predicted octanol–water partition coefficient (Wildman–Crippen LogP) is 0.879. The first-order chi connectivity index (χ1) is 7.54. The Morgan fingerprint density at radius 3 is 2.75 bits per heavy atom. The normalized spacial score (nSPS) is 12.2. The number of benzene rings is 1. The fraction of sp³-hybridized carbons (Fsp3) is 0.300. The maximum Gasteiger partial charge on any atom is 0.335 e. The van der Waals surface area contributed by atoms with Gasteiger partial charge in [-0.3, -0.25) is 0 Å². The fourth-order valence-electron chi connectivity index (χ4n) is 0.986. The van der Waals surface area contributed by atoms with Crippen LogP contribution in [0.1, 0.15) is 10.4 Å². The monoisotopic (exact) mass is 290 g/mol. The molecule has 0 bridgehead atoms. The van der Waals surface area contributed by atoms with Crippen molar-refractivity contribution in [3.05, 3.63) is 28.2 Å². The topological polar surface area (TPSA) is 87.0 Å². The van der Waals surface area contributed by atoms with Crippen LogP contribution in [0.3, 0.4) is 0 Å². The summed E-state index contributed by atoms with van der Waals surface area (Å²) in [6, 6.07) is 4.32. The Balaban J connectivity index is 2.78. The molecule has 0 aliphatic carbocycles. The highest BCUT2D eigenvalue weighted by Gasteiger charge is 2.09. The zero-order chi connectivity index (χ0) is 12.1. The predicted molar refractivity (Wildman–Crippen MR) is 59.7 cm³/mol. The Morgan fingerprint density at radius 2 is 2.19 bits per heavy atom. The third kappa shape index (κ3) is 3.48. The van der Waals surface area contributed by atoms with Crippen LogP contribution in [-0.2, 0) is 0 Å². The number of carbonyl (C=O) groups is 1. The largest absolute Gasteiger partial charge is 0.490 e. The molecule has 1 unspecified atom stereocenters. The highest BCUT2D eigenvalue weighted by atomic mass is 79.9. The lowest BCUT2D eigenvalue weighted by molar-refractivity contribution is 0.0532. The average molecular weight is 291 g/mol. The maximum atomic E-state index is 10.7. The number of aliphatic hydroxyl groups is 2. The van der Waals surface area contributed by atoms with Crippen LogP contribution in [0.25, 0.3) is 0 Å². The van der Waals surface area contributed by atoms with Crippen LogP contribution in [-0.4, -0.2) is 40.6 Å². The van der Waals surface area contributed by atoms with E-state index < -0.39 is 18.7 Å². The molecule has 0 aliphatic rings. The second kappa shape index (κ2) is 5.83.